The predicted molar refractivity (Wildman–Crippen MR) is 105 cm³/mol. The molecule has 0 amide bonds. The lowest BCUT2D eigenvalue weighted by Crippen LogP contribution is -2.21. The van der Waals surface area contributed by atoms with Gasteiger partial charge in [-0.15, -0.1) is 0 Å². The minimum atomic E-state index is -5.08. The van der Waals surface area contributed by atoms with Gasteiger partial charge >= 0.3 is 30.3 Å². The van der Waals surface area contributed by atoms with Gasteiger partial charge in [-0.1, -0.05) is 6.07 Å². The van der Waals surface area contributed by atoms with Crippen molar-refractivity contribution in [1.29, 1.82) is 0 Å². The molecule has 0 heterocycles. The molecule has 0 bridgehead atoms. The SMILES string of the molecule is COc1cc(C(OC(C)=O)C(=O)OCc2cc(C(F)(F)F)cc(C(F)(F)F)c2)ccc1OC(C)=O. The lowest BCUT2D eigenvalue weighted by Gasteiger charge is -2.19. The molecular formula is C22H18F6O7. The van der Waals surface area contributed by atoms with E-state index in [4.69, 9.17) is 18.9 Å². The van der Waals surface area contributed by atoms with Crippen LogP contribution in [-0.2, 0) is 42.8 Å². The Morgan fingerprint density at radius 1 is 0.829 bits per heavy atom. The number of hydrogen-bond acceptors (Lipinski definition) is 7. The van der Waals surface area contributed by atoms with E-state index in [0.717, 1.165) is 13.8 Å². The summed E-state index contributed by atoms with van der Waals surface area (Å²) in [6, 6.07) is 4.37. The molecule has 0 aliphatic rings. The van der Waals surface area contributed by atoms with Gasteiger partial charge in [-0.2, -0.15) is 26.3 Å². The molecule has 2 rings (SSSR count). The number of ether oxygens (including phenoxy) is 4. The van der Waals surface area contributed by atoms with Crippen molar-refractivity contribution in [3.63, 3.8) is 0 Å². The first-order valence-electron chi connectivity index (χ1n) is 9.60. The highest BCUT2D eigenvalue weighted by molar-refractivity contribution is 5.80. The third-order valence-corrected chi connectivity index (χ3v) is 4.27. The maximum Gasteiger partial charge on any atom is 0.416 e. The highest BCUT2D eigenvalue weighted by atomic mass is 19.4. The normalized spacial score (nSPS) is 12.5. The number of carbonyl (C=O) groups is 3. The number of hydrogen-bond donors (Lipinski definition) is 0. The van der Waals surface area contributed by atoms with Crippen molar-refractivity contribution in [3.05, 3.63) is 58.7 Å². The van der Waals surface area contributed by atoms with Crippen LogP contribution in [-0.4, -0.2) is 25.0 Å². The first-order chi connectivity index (χ1) is 16.1. The van der Waals surface area contributed by atoms with E-state index in [1.165, 1.54) is 25.3 Å². The zero-order valence-corrected chi connectivity index (χ0v) is 18.4. The molecule has 0 fully saturated rings. The molecule has 0 N–H and O–H groups in total. The van der Waals surface area contributed by atoms with Gasteiger partial charge in [-0.05, 0) is 35.9 Å². The summed E-state index contributed by atoms with van der Waals surface area (Å²) in [5.41, 5.74) is -3.79. The summed E-state index contributed by atoms with van der Waals surface area (Å²) < 4.78 is 98.0. The molecular weight excluding hydrogens is 490 g/mol. The molecule has 190 valence electrons. The van der Waals surface area contributed by atoms with Crippen LogP contribution in [0.1, 0.15) is 42.2 Å². The van der Waals surface area contributed by atoms with Crippen molar-refractivity contribution in [3.8, 4) is 11.5 Å². The van der Waals surface area contributed by atoms with Gasteiger partial charge in [0.25, 0.3) is 0 Å². The van der Waals surface area contributed by atoms with E-state index in [1.807, 2.05) is 0 Å². The molecule has 0 spiro atoms. The van der Waals surface area contributed by atoms with E-state index >= 15 is 0 Å². The average Bonchev–Trinajstić information content (AvgIpc) is 2.74. The maximum absolute atomic E-state index is 13.0. The number of benzene rings is 2. The van der Waals surface area contributed by atoms with Gasteiger partial charge < -0.3 is 18.9 Å². The minimum absolute atomic E-state index is 0.0256. The second kappa shape index (κ2) is 10.7. The number of methoxy groups -OCH3 is 1. The van der Waals surface area contributed by atoms with Crippen LogP contribution in [0.3, 0.4) is 0 Å². The Bertz CT molecular complexity index is 1080. The van der Waals surface area contributed by atoms with Crippen LogP contribution in [0.2, 0.25) is 0 Å². The van der Waals surface area contributed by atoms with Crippen LogP contribution in [0.25, 0.3) is 0 Å². The standard InChI is InChI=1S/C22H18F6O7/c1-11(29)34-17-5-4-14(8-18(17)32-3)19(35-12(2)30)20(31)33-10-13-6-15(21(23,24)25)9-16(7-13)22(26,27)28/h4-9,19H,10H2,1-3H3. The molecule has 35 heavy (non-hydrogen) atoms. The van der Waals surface area contributed by atoms with Crippen LogP contribution >= 0.6 is 0 Å². The fourth-order valence-corrected chi connectivity index (χ4v) is 2.84. The Balaban J connectivity index is 2.35. The van der Waals surface area contributed by atoms with Crippen molar-refractivity contribution >= 4 is 17.9 Å². The van der Waals surface area contributed by atoms with E-state index in [1.54, 1.807) is 0 Å². The Morgan fingerprint density at radius 3 is 1.86 bits per heavy atom. The third-order valence-electron chi connectivity index (χ3n) is 4.27. The van der Waals surface area contributed by atoms with Crippen LogP contribution in [0.15, 0.2) is 36.4 Å². The zero-order valence-electron chi connectivity index (χ0n) is 18.4. The molecule has 1 atom stereocenters. The van der Waals surface area contributed by atoms with Gasteiger partial charge in [0.2, 0.25) is 6.10 Å². The van der Waals surface area contributed by atoms with Gasteiger partial charge in [-0.3, -0.25) is 9.59 Å². The molecule has 0 aliphatic carbocycles. The summed E-state index contributed by atoms with van der Waals surface area (Å²) in [4.78, 5) is 35.3. The number of esters is 3. The van der Waals surface area contributed by atoms with E-state index in [-0.39, 0.29) is 23.1 Å². The monoisotopic (exact) mass is 508 g/mol. The fourth-order valence-electron chi connectivity index (χ4n) is 2.84. The predicted octanol–water partition coefficient (Wildman–Crippen LogP) is 5.01. The topological polar surface area (TPSA) is 88.1 Å². The largest absolute Gasteiger partial charge is 0.493 e. The highest BCUT2D eigenvalue weighted by Crippen LogP contribution is 2.37. The number of carbonyl (C=O) groups excluding carboxylic acids is 3. The van der Waals surface area contributed by atoms with E-state index in [9.17, 15) is 40.7 Å². The fraction of sp³-hybridized carbons (Fsp3) is 0.318. The minimum Gasteiger partial charge on any atom is -0.493 e. The lowest BCUT2D eigenvalue weighted by molar-refractivity contribution is -0.168. The molecule has 0 aliphatic heterocycles. The van der Waals surface area contributed by atoms with Crippen molar-refractivity contribution in [2.24, 2.45) is 0 Å². The van der Waals surface area contributed by atoms with E-state index in [2.05, 4.69) is 0 Å². The molecule has 13 heteroatoms. The first kappa shape index (κ1) is 27.5. The maximum atomic E-state index is 13.0. The van der Waals surface area contributed by atoms with Crippen molar-refractivity contribution in [2.45, 2.75) is 38.9 Å². The van der Waals surface area contributed by atoms with Gasteiger partial charge in [0, 0.05) is 19.4 Å². The molecule has 0 saturated heterocycles. The second-order valence-corrected chi connectivity index (χ2v) is 7.02. The highest BCUT2D eigenvalue weighted by Gasteiger charge is 2.37. The van der Waals surface area contributed by atoms with Crippen LogP contribution in [0.4, 0.5) is 26.3 Å². The van der Waals surface area contributed by atoms with Crippen molar-refractivity contribution in [2.75, 3.05) is 7.11 Å². The number of alkyl halides is 6. The lowest BCUT2D eigenvalue weighted by atomic mass is 10.0. The van der Waals surface area contributed by atoms with Gasteiger partial charge in [0.15, 0.2) is 11.5 Å². The smallest absolute Gasteiger partial charge is 0.416 e. The second-order valence-electron chi connectivity index (χ2n) is 7.02. The molecule has 2 aromatic rings. The summed E-state index contributed by atoms with van der Waals surface area (Å²) in [5, 5.41) is 0. The van der Waals surface area contributed by atoms with Crippen molar-refractivity contribution < 1.29 is 59.7 Å². The van der Waals surface area contributed by atoms with Gasteiger partial charge in [0.1, 0.15) is 6.61 Å². The third kappa shape index (κ3) is 7.62. The molecule has 0 radical (unpaired) electrons. The molecule has 7 nitrogen and oxygen atoms in total. The summed E-state index contributed by atoms with van der Waals surface area (Å²) in [7, 11) is 1.22. The average molecular weight is 508 g/mol. The summed E-state index contributed by atoms with van der Waals surface area (Å²) >= 11 is 0. The van der Waals surface area contributed by atoms with Gasteiger partial charge in [0.05, 0.1) is 18.2 Å². The summed E-state index contributed by atoms with van der Waals surface area (Å²) in [6.45, 7) is 1.11. The van der Waals surface area contributed by atoms with Crippen LogP contribution < -0.4 is 9.47 Å². The number of rotatable bonds is 7. The quantitative estimate of drug-likeness (QED) is 0.295. The summed E-state index contributed by atoms with van der Waals surface area (Å²) in [6.07, 6.45) is -11.9. The first-order valence-corrected chi connectivity index (χ1v) is 9.60. The van der Waals surface area contributed by atoms with Crippen LogP contribution in [0.5, 0.6) is 11.5 Å². The zero-order chi connectivity index (χ0) is 26.6. The molecule has 1 unspecified atom stereocenters. The molecule has 2 aromatic carbocycles. The van der Waals surface area contributed by atoms with E-state index < -0.39 is 59.7 Å². The molecule has 0 aromatic heterocycles. The Kier molecular flexibility index (Phi) is 8.37. The molecule has 0 saturated carbocycles. The van der Waals surface area contributed by atoms with Gasteiger partial charge in [-0.25, -0.2) is 4.79 Å². The Hall–Kier alpha value is -3.77. The van der Waals surface area contributed by atoms with E-state index in [0.29, 0.717) is 12.1 Å². The van der Waals surface area contributed by atoms with Crippen LogP contribution in [0, 0.1) is 0 Å². The Labute approximate surface area is 194 Å². The number of halogens is 6. The summed E-state index contributed by atoms with van der Waals surface area (Å²) in [5.74, 6) is -2.95. The van der Waals surface area contributed by atoms with Crippen molar-refractivity contribution in [1.82, 2.24) is 0 Å². The Morgan fingerprint density at radius 2 is 1.40 bits per heavy atom.